The van der Waals surface area contributed by atoms with Crippen LogP contribution in [0.3, 0.4) is 0 Å². The van der Waals surface area contributed by atoms with Crippen molar-refractivity contribution in [3.8, 4) is 0 Å². The fourth-order valence-electron chi connectivity index (χ4n) is 1.97. The summed E-state index contributed by atoms with van der Waals surface area (Å²) in [6.07, 6.45) is 3.25. The van der Waals surface area contributed by atoms with Crippen LogP contribution in [0.4, 0.5) is 5.69 Å². The number of anilines is 1. The summed E-state index contributed by atoms with van der Waals surface area (Å²) in [5, 5.41) is 0. The van der Waals surface area contributed by atoms with Crippen molar-refractivity contribution >= 4 is 31.6 Å². The number of rotatable bonds is 4. The van der Waals surface area contributed by atoms with Crippen molar-refractivity contribution in [1.82, 2.24) is 9.71 Å². The van der Waals surface area contributed by atoms with Crippen molar-refractivity contribution in [3.05, 3.63) is 52.3 Å². The first-order valence-electron chi connectivity index (χ1n) is 6.29. The lowest BCUT2D eigenvalue weighted by atomic mass is 10.1. The third kappa shape index (κ3) is 3.61. The molecule has 0 saturated heterocycles. The highest BCUT2D eigenvalue weighted by molar-refractivity contribution is 9.10. The average molecular weight is 370 g/mol. The van der Waals surface area contributed by atoms with Gasteiger partial charge in [0.2, 0.25) is 10.0 Å². The number of aromatic nitrogens is 1. The molecule has 0 spiro atoms. The van der Waals surface area contributed by atoms with Gasteiger partial charge in [-0.05, 0) is 49.2 Å². The van der Waals surface area contributed by atoms with E-state index < -0.39 is 10.0 Å². The summed E-state index contributed by atoms with van der Waals surface area (Å²) in [5.74, 6) is 0. The third-order valence-electron chi connectivity index (χ3n) is 3.19. The molecule has 1 aromatic heterocycles. The van der Waals surface area contributed by atoms with Crippen LogP contribution in [0.2, 0.25) is 0 Å². The Morgan fingerprint density at radius 1 is 1.29 bits per heavy atom. The number of hydrogen-bond acceptors (Lipinski definition) is 4. The highest BCUT2D eigenvalue weighted by atomic mass is 79.9. The molecule has 0 aliphatic carbocycles. The van der Waals surface area contributed by atoms with Crippen LogP contribution >= 0.6 is 15.9 Å². The number of nitrogens with one attached hydrogen (secondary N) is 1. The van der Waals surface area contributed by atoms with Gasteiger partial charge in [-0.25, -0.2) is 13.1 Å². The number of pyridine rings is 1. The Hall–Kier alpha value is -1.44. The molecule has 0 radical (unpaired) electrons. The van der Waals surface area contributed by atoms with Gasteiger partial charge >= 0.3 is 0 Å². The molecule has 0 fully saturated rings. The van der Waals surface area contributed by atoms with E-state index in [1.54, 1.807) is 50.5 Å². The topological polar surface area (TPSA) is 85.1 Å². The Morgan fingerprint density at radius 2 is 1.90 bits per heavy atom. The molecule has 7 heteroatoms. The van der Waals surface area contributed by atoms with Gasteiger partial charge in [0.15, 0.2) is 0 Å². The van der Waals surface area contributed by atoms with Gasteiger partial charge in [0, 0.05) is 28.6 Å². The molecule has 0 amide bonds. The lowest BCUT2D eigenvalue weighted by Crippen LogP contribution is -2.27. The molecule has 0 aliphatic heterocycles. The molecule has 0 saturated carbocycles. The molecule has 0 aliphatic rings. The third-order valence-corrected chi connectivity index (χ3v) is 5.32. The molecule has 1 aromatic carbocycles. The zero-order valence-electron chi connectivity index (χ0n) is 11.7. The standard InChI is InChI=1S/C14H16BrN3O2S/c1-9-13(16)7-12(15)8-14(9)21(19,20)18-10(2)11-3-5-17-6-4-11/h3-8,10,18H,16H2,1-2H3. The first kappa shape index (κ1) is 15.9. The SMILES string of the molecule is Cc1c(N)cc(Br)cc1S(=O)(=O)NC(C)c1ccncc1. The largest absolute Gasteiger partial charge is 0.398 e. The van der Waals surface area contributed by atoms with Crippen molar-refractivity contribution in [2.45, 2.75) is 24.8 Å². The van der Waals surface area contributed by atoms with Gasteiger partial charge < -0.3 is 5.73 Å². The van der Waals surface area contributed by atoms with E-state index in [0.717, 1.165) is 5.56 Å². The summed E-state index contributed by atoms with van der Waals surface area (Å²) in [6.45, 7) is 3.47. The summed E-state index contributed by atoms with van der Waals surface area (Å²) >= 11 is 3.27. The summed E-state index contributed by atoms with van der Waals surface area (Å²) in [7, 11) is -3.66. The average Bonchev–Trinajstić information content (AvgIpc) is 2.43. The number of hydrogen-bond donors (Lipinski definition) is 2. The molecule has 1 heterocycles. The van der Waals surface area contributed by atoms with Crippen molar-refractivity contribution in [2.24, 2.45) is 0 Å². The Balaban J connectivity index is 2.35. The maximum absolute atomic E-state index is 12.5. The normalized spacial score (nSPS) is 13.1. The van der Waals surface area contributed by atoms with E-state index in [-0.39, 0.29) is 10.9 Å². The molecule has 0 bridgehead atoms. The first-order valence-corrected chi connectivity index (χ1v) is 8.57. The highest BCUT2D eigenvalue weighted by Crippen LogP contribution is 2.27. The van der Waals surface area contributed by atoms with Gasteiger partial charge in [-0.2, -0.15) is 0 Å². The van der Waals surface area contributed by atoms with E-state index in [9.17, 15) is 8.42 Å². The molecule has 112 valence electrons. The van der Waals surface area contributed by atoms with Crippen molar-refractivity contribution < 1.29 is 8.42 Å². The van der Waals surface area contributed by atoms with E-state index in [2.05, 4.69) is 25.6 Å². The van der Waals surface area contributed by atoms with Gasteiger partial charge in [-0.15, -0.1) is 0 Å². The minimum Gasteiger partial charge on any atom is -0.398 e. The van der Waals surface area contributed by atoms with Gasteiger partial charge in [0.05, 0.1) is 4.90 Å². The number of halogens is 1. The molecule has 1 atom stereocenters. The number of nitrogens with two attached hydrogens (primary N) is 1. The second-order valence-corrected chi connectivity index (χ2v) is 7.34. The molecular formula is C14H16BrN3O2S. The fourth-order valence-corrected chi connectivity index (χ4v) is 4.13. The van der Waals surface area contributed by atoms with Gasteiger partial charge in [-0.3, -0.25) is 4.98 Å². The second-order valence-electron chi connectivity index (χ2n) is 4.74. The summed E-state index contributed by atoms with van der Waals surface area (Å²) in [6, 6.07) is 6.41. The van der Waals surface area contributed by atoms with E-state index in [1.807, 2.05) is 0 Å². The monoisotopic (exact) mass is 369 g/mol. The first-order chi connectivity index (χ1) is 9.81. The maximum Gasteiger partial charge on any atom is 0.241 e. The number of benzene rings is 1. The molecule has 2 aromatic rings. The van der Waals surface area contributed by atoms with E-state index in [0.29, 0.717) is 15.7 Å². The van der Waals surface area contributed by atoms with Gasteiger partial charge in [0.25, 0.3) is 0 Å². The lowest BCUT2D eigenvalue weighted by molar-refractivity contribution is 0.566. The lowest BCUT2D eigenvalue weighted by Gasteiger charge is -2.16. The van der Waals surface area contributed by atoms with E-state index in [1.165, 1.54) is 0 Å². The summed E-state index contributed by atoms with van der Waals surface area (Å²) in [5.41, 5.74) is 7.64. The van der Waals surface area contributed by atoms with Gasteiger partial charge in [-0.1, -0.05) is 15.9 Å². The minimum atomic E-state index is -3.66. The van der Waals surface area contributed by atoms with E-state index in [4.69, 9.17) is 5.73 Å². The highest BCUT2D eigenvalue weighted by Gasteiger charge is 2.22. The number of nitrogen functional groups attached to an aromatic ring is 1. The summed E-state index contributed by atoms with van der Waals surface area (Å²) < 4.78 is 28.4. The Labute approximate surface area is 132 Å². The Kier molecular flexibility index (Phi) is 4.65. The van der Waals surface area contributed by atoms with Crippen LogP contribution in [0.15, 0.2) is 46.0 Å². The molecule has 21 heavy (non-hydrogen) atoms. The van der Waals surface area contributed by atoms with E-state index >= 15 is 0 Å². The number of sulfonamides is 1. The molecule has 1 unspecified atom stereocenters. The quantitative estimate of drug-likeness (QED) is 0.811. The maximum atomic E-state index is 12.5. The van der Waals surface area contributed by atoms with Crippen LogP contribution in [0.5, 0.6) is 0 Å². The van der Waals surface area contributed by atoms with Crippen molar-refractivity contribution in [1.29, 1.82) is 0 Å². The van der Waals surface area contributed by atoms with Crippen LogP contribution in [-0.4, -0.2) is 13.4 Å². The van der Waals surface area contributed by atoms with Crippen LogP contribution < -0.4 is 10.5 Å². The molecule has 2 rings (SSSR count). The van der Waals surface area contributed by atoms with Crippen LogP contribution in [-0.2, 0) is 10.0 Å². The zero-order valence-corrected chi connectivity index (χ0v) is 14.1. The minimum absolute atomic E-state index is 0.176. The predicted molar refractivity (Wildman–Crippen MR) is 86.3 cm³/mol. The number of nitrogens with zero attached hydrogens (tertiary/aromatic N) is 1. The summed E-state index contributed by atoms with van der Waals surface area (Å²) in [4.78, 5) is 4.10. The van der Waals surface area contributed by atoms with Crippen LogP contribution in [0, 0.1) is 6.92 Å². The smallest absolute Gasteiger partial charge is 0.241 e. The molecule has 5 nitrogen and oxygen atoms in total. The molecule has 3 N–H and O–H groups in total. The Bertz CT molecular complexity index is 748. The Morgan fingerprint density at radius 3 is 2.52 bits per heavy atom. The van der Waals surface area contributed by atoms with Crippen LogP contribution in [0.1, 0.15) is 24.1 Å². The second kappa shape index (κ2) is 6.13. The fraction of sp³-hybridized carbons (Fsp3) is 0.214. The van der Waals surface area contributed by atoms with Gasteiger partial charge in [0.1, 0.15) is 0 Å². The van der Waals surface area contributed by atoms with Crippen LogP contribution in [0.25, 0.3) is 0 Å². The zero-order chi connectivity index (χ0) is 15.6. The predicted octanol–water partition coefficient (Wildman–Crippen LogP) is 2.77. The molecular weight excluding hydrogens is 354 g/mol. The van der Waals surface area contributed by atoms with Crippen molar-refractivity contribution in [2.75, 3.05) is 5.73 Å². The van der Waals surface area contributed by atoms with Crippen molar-refractivity contribution in [3.63, 3.8) is 0 Å².